The van der Waals surface area contributed by atoms with Crippen molar-refractivity contribution in [1.29, 1.82) is 0 Å². The average Bonchev–Trinajstić information content (AvgIpc) is 2.81. The summed E-state index contributed by atoms with van der Waals surface area (Å²) in [6, 6.07) is 4.32. The zero-order chi connectivity index (χ0) is 14.7. The number of benzene rings is 1. The molecule has 0 saturated heterocycles. The smallest absolute Gasteiger partial charge is 0.313 e. The summed E-state index contributed by atoms with van der Waals surface area (Å²) in [5.41, 5.74) is 0.585. The number of carboxylic acids is 1. The Labute approximate surface area is 127 Å². The van der Waals surface area contributed by atoms with Crippen LogP contribution in [0.1, 0.15) is 6.92 Å². The van der Waals surface area contributed by atoms with Gasteiger partial charge in [-0.2, -0.15) is 0 Å². The number of hydrogen-bond acceptors (Lipinski definition) is 4. The molecule has 1 N–H and O–H groups in total. The van der Waals surface area contributed by atoms with Gasteiger partial charge in [-0.05, 0) is 25.1 Å². The Kier molecular flexibility index (Phi) is 4.77. The molecule has 5 nitrogen and oxygen atoms in total. The molecule has 2 aromatic rings. The van der Waals surface area contributed by atoms with Crippen LogP contribution >= 0.6 is 27.7 Å². The number of aromatic nitrogens is 3. The quantitative estimate of drug-likeness (QED) is 0.831. The summed E-state index contributed by atoms with van der Waals surface area (Å²) >= 11 is 4.44. The standard InChI is InChI=1S/C12H11BrFN3O2S/c1-2-17-11(8-5-7(14)3-4-9(8)13)15-16-12(17)20-6-10(18)19/h3-5H,2,6H2,1H3,(H,18,19). The highest BCUT2D eigenvalue weighted by Gasteiger charge is 2.16. The summed E-state index contributed by atoms with van der Waals surface area (Å²) in [5, 5.41) is 17.2. The minimum atomic E-state index is -0.922. The molecule has 1 heterocycles. The fourth-order valence-corrected chi connectivity index (χ4v) is 2.82. The molecule has 0 atom stereocenters. The molecular weight excluding hydrogens is 349 g/mol. The van der Waals surface area contributed by atoms with Gasteiger partial charge in [0.15, 0.2) is 11.0 Å². The van der Waals surface area contributed by atoms with Crippen molar-refractivity contribution in [2.75, 3.05) is 5.75 Å². The van der Waals surface area contributed by atoms with E-state index in [0.717, 1.165) is 11.8 Å². The van der Waals surface area contributed by atoms with E-state index in [1.165, 1.54) is 12.1 Å². The topological polar surface area (TPSA) is 68.0 Å². The number of thioether (sulfide) groups is 1. The normalized spacial score (nSPS) is 10.8. The lowest BCUT2D eigenvalue weighted by atomic mass is 10.2. The lowest BCUT2D eigenvalue weighted by molar-refractivity contribution is -0.133. The van der Waals surface area contributed by atoms with Gasteiger partial charge in [-0.3, -0.25) is 4.79 Å². The van der Waals surface area contributed by atoms with Crippen LogP contribution in [0.4, 0.5) is 4.39 Å². The Morgan fingerprint density at radius 2 is 2.25 bits per heavy atom. The van der Waals surface area contributed by atoms with Crippen LogP contribution in [-0.4, -0.2) is 31.6 Å². The molecule has 0 saturated carbocycles. The number of carbonyl (C=O) groups is 1. The molecule has 0 unspecified atom stereocenters. The number of aliphatic carboxylic acids is 1. The summed E-state index contributed by atoms with van der Waals surface area (Å²) in [6.07, 6.45) is 0. The van der Waals surface area contributed by atoms with Gasteiger partial charge in [-0.1, -0.05) is 27.7 Å². The predicted molar refractivity (Wildman–Crippen MR) is 77.1 cm³/mol. The van der Waals surface area contributed by atoms with Crippen LogP contribution in [0.25, 0.3) is 11.4 Å². The zero-order valence-electron chi connectivity index (χ0n) is 10.5. The molecular formula is C12H11BrFN3O2S. The zero-order valence-corrected chi connectivity index (χ0v) is 12.9. The van der Waals surface area contributed by atoms with E-state index in [1.807, 2.05) is 6.92 Å². The van der Waals surface area contributed by atoms with E-state index in [0.29, 0.717) is 27.6 Å². The van der Waals surface area contributed by atoms with E-state index >= 15 is 0 Å². The maximum Gasteiger partial charge on any atom is 0.313 e. The highest BCUT2D eigenvalue weighted by Crippen LogP contribution is 2.30. The second-order valence-corrected chi connectivity index (χ2v) is 5.65. The molecule has 0 fully saturated rings. The third-order valence-corrected chi connectivity index (χ3v) is 4.17. The first-order valence-corrected chi connectivity index (χ1v) is 7.54. The van der Waals surface area contributed by atoms with Crippen molar-refractivity contribution < 1.29 is 14.3 Å². The summed E-state index contributed by atoms with van der Waals surface area (Å²) in [4.78, 5) is 10.6. The highest BCUT2D eigenvalue weighted by atomic mass is 79.9. The van der Waals surface area contributed by atoms with Crippen LogP contribution in [0.15, 0.2) is 27.8 Å². The second kappa shape index (κ2) is 6.36. The number of halogens is 2. The van der Waals surface area contributed by atoms with Crippen molar-refractivity contribution in [2.45, 2.75) is 18.6 Å². The Morgan fingerprint density at radius 1 is 1.50 bits per heavy atom. The van der Waals surface area contributed by atoms with Gasteiger partial charge >= 0.3 is 5.97 Å². The van der Waals surface area contributed by atoms with Crippen LogP contribution in [0.5, 0.6) is 0 Å². The maximum absolute atomic E-state index is 13.4. The van der Waals surface area contributed by atoms with Gasteiger partial charge in [0.2, 0.25) is 0 Å². The summed E-state index contributed by atoms with van der Waals surface area (Å²) in [6.45, 7) is 2.46. The Balaban J connectivity index is 2.42. The molecule has 0 amide bonds. The van der Waals surface area contributed by atoms with Crippen LogP contribution in [-0.2, 0) is 11.3 Å². The van der Waals surface area contributed by atoms with Crippen molar-refractivity contribution in [3.63, 3.8) is 0 Å². The van der Waals surface area contributed by atoms with E-state index in [2.05, 4.69) is 26.1 Å². The van der Waals surface area contributed by atoms with E-state index in [-0.39, 0.29) is 11.6 Å². The van der Waals surface area contributed by atoms with Crippen molar-refractivity contribution in [2.24, 2.45) is 0 Å². The minimum Gasteiger partial charge on any atom is -0.481 e. The van der Waals surface area contributed by atoms with Gasteiger partial charge in [0, 0.05) is 16.6 Å². The monoisotopic (exact) mass is 359 g/mol. The molecule has 1 aromatic heterocycles. The Bertz CT molecular complexity index is 648. The van der Waals surface area contributed by atoms with E-state index in [4.69, 9.17) is 5.11 Å². The van der Waals surface area contributed by atoms with Crippen LogP contribution < -0.4 is 0 Å². The number of carboxylic acid groups (broad SMARTS) is 1. The SMILES string of the molecule is CCn1c(SCC(=O)O)nnc1-c1cc(F)ccc1Br. The fraction of sp³-hybridized carbons (Fsp3) is 0.250. The van der Waals surface area contributed by atoms with Gasteiger partial charge < -0.3 is 9.67 Å². The summed E-state index contributed by atoms with van der Waals surface area (Å²) < 4.78 is 15.8. The van der Waals surface area contributed by atoms with Crippen molar-refractivity contribution in [1.82, 2.24) is 14.8 Å². The average molecular weight is 360 g/mol. The molecule has 8 heteroatoms. The van der Waals surface area contributed by atoms with E-state index in [1.54, 1.807) is 10.6 Å². The minimum absolute atomic E-state index is 0.0948. The molecule has 0 aliphatic carbocycles. The van der Waals surface area contributed by atoms with Gasteiger partial charge in [0.05, 0.1) is 5.75 Å². The summed E-state index contributed by atoms with van der Waals surface area (Å²) in [7, 11) is 0. The molecule has 1 aromatic carbocycles. The number of rotatable bonds is 5. The Hall–Kier alpha value is -1.41. The molecule has 0 radical (unpaired) electrons. The molecule has 0 aliphatic heterocycles. The van der Waals surface area contributed by atoms with Crippen molar-refractivity contribution >= 4 is 33.7 Å². The number of hydrogen-bond donors (Lipinski definition) is 1. The van der Waals surface area contributed by atoms with Gasteiger partial charge in [0.1, 0.15) is 5.82 Å². The van der Waals surface area contributed by atoms with Crippen molar-refractivity contribution in [3.05, 3.63) is 28.5 Å². The van der Waals surface area contributed by atoms with Crippen molar-refractivity contribution in [3.8, 4) is 11.4 Å². The van der Waals surface area contributed by atoms with E-state index in [9.17, 15) is 9.18 Å². The molecule has 2 rings (SSSR count). The first kappa shape index (κ1) is 15.0. The Morgan fingerprint density at radius 3 is 2.90 bits per heavy atom. The number of nitrogens with zero attached hydrogens (tertiary/aromatic N) is 3. The largest absolute Gasteiger partial charge is 0.481 e. The third-order valence-electron chi connectivity index (χ3n) is 2.53. The van der Waals surface area contributed by atoms with Gasteiger partial charge in [-0.15, -0.1) is 10.2 Å². The molecule has 0 spiro atoms. The van der Waals surface area contributed by atoms with Gasteiger partial charge in [0.25, 0.3) is 0 Å². The lowest BCUT2D eigenvalue weighted by Gasteiger charge is -2.08. The van der Waals surface area contributed by atoms with E-state index < -0.39 is 5.97 Å². The van der Waals surface area contributed by atoms with Crippen LogP contribution in [0.3, 0.4) is 0 Å². The first-order chi connectivity index (χ1) is 9.52. The van der Waals surface area contributed by atoms with Gasteiger partial charge in [-0.25, -0.2) is 4.39 Å². The highest BCUT2D eigenvalue weighted by molar-refractivity contribution is 9.10. The van der Waals surface area contributed by atoms with Crippen LogP contribution in [0, 0.1) is 5.82 Å². The second-order valence-electron chi connectivity index (χ2n) is 3.86. The molecule has 0 aliphatic rings. The molecule has 106 valence electrons. The predicted octanol–water partition coefficient (Wildman–Crippen LogP) is 3.04. The summed E-state index contributed by atoms with van der Waals surface area (Å²) in [5.74, 6) is -0.878. The maximum atomic E-state index is 13.4. The lowest BCUT2D eigenvalue weighted by Crippen LogP contribution is -2.03. The van der Waals surface area contributed by atoms with Crippen LogP contribution in [0.2, 0.25) is 0 Å². The first-order valence-electron chi connectivity index (χ1n) is 5.76. The fourth-order valence-electron chi connectivity index (χ4n) is 1.67. The third kappa shape index (κ3) is 3.18. The molecule has 0 bridgehead atoms. The molecule has 20 heavy (non-hydrogen) atoms.